The second kappa shape index (κ2) is 6.81. The van der Waals surface area contributed by atoms with E-state index >= 15 is 0 Å². The van der Waals surface area contributed by atoms with Crippen LogP contribution in [-0.4, -0.2) is 32.8 Å². The van der Waals surface area contributed by atoms with Gasteiger partial charge in [0.15, 0.2) is 5.82 Å². The monoisotopic (exact) mass is 332 g/mol. The molecule has 25 heavy (non-hydrogen) atoms. The van der Waals surface area contributed by atoms with Crippen LogP contribution in [0.25, 0.3) is 11.4 Å². The van der Waals surface area contributed by atoms with Gasteiger partial charge in [0.05, 0.1) is 0 Å². The Morgan fingerprint density at radius 3 is 2.52 bits per heavy atom. The molecule has 0 spiro atoms. The number of aromatic nitrogens is 3. The van der Waals surface area contributed by atoms with Crippen molar-refractivity contribution in [2.75, 3.05) is 13.1 Å². The van der Waals surface area contributed by atoms with E-state index < -0.39 is 0 Å². The molecule has 0 saturated carbocycles. The highest BCUT2D eigenvalue weighted by molar-refractivity contribution is 5.55. The third-order valence-corrected chi connectivity index (χ3v) is 5.13. The molecule has 0 radical (unpaired) electrons. The number of rotatable bonds is 3. The Labute approximate surface area is 149 Å². The zero-order chi connectivity index (χ0) is 17.2. The van der Waals surface area contributed by atoms with Gasteiger partial charge in [-0.1, -0.05) is 48.5 Å². The van der Waals surface area contributed by atoms with Crippen LogP contribution in [0.2, 0.25) is 0 Å². The van der Waals surface area contributed by atoms with Crippen molar-refractivity contribution >= 4 is 0 Å². The van der Waals surface area contributed by atoms with Gasteiger partial charge in [0.1, 0.15) is 5.82 Å². The quantitative estimate of drug-likeness (QED) is 0.734. The van der Waals surface area contributed by atoms with Crippen molar-refractivity contribution in [3.63, 3.8) is 0 Å². The molecule has 0 atom stereocenters. The van der Waals surface area contributed by atoms with Crippen LogP contribution in [0.5, 0.6) is 0 Å². The number of aryl methyl sites for hydroxylation is 2. The molecular weight excluding hydrogens is 308 g/mol. The Balaban J connectivity index is 1.50. The van der Waals surface area contributed by atoms with Gasteiger partial charge in [0.2, 0.25) is 0 Å². The maximum Gasteiger partial charge on any atom is 0.164 e. The predicted octanol–water partition coefficient (Wildman–Crippen LogP) is 3.62. The number of hydrogen-bond donors (Lipinski definition) is 0. The highest BCUT2D eigenvalue weighted by Crippen LogP contribution is 2.21. The van der Waals surface area contributed by atoms with Crippen LogP contribution < -0.4 is 0 Å². The van der Waals surface area contributed by atoms with E-state index in [0.29, 0.717) is 0 Å². The largest absolute Gasteiger partial charge is 0.310 e. The summed E-state index contributed by atoms with van der Waals surface area (Å²) in [5.41, 5.74) is 5.27. The van der Waals surface area contributed by atoms with Gasteiger partial charge in [-0.2, -0.15) is 0 Å². The Morgan fingerprint density at radius 2 is 1.72 bits per heavy atom. The molecular formula is C21H24N4. The normalized spacial score (nSPS) is 15.0. The number of hydrogen-bond acceptors (Lipinski definition) is 3. The first kappa shape index (κ1) is 16.0. The molecule has 1 aromatic heterocycles. The van der Waals surface area contributed by atoms with Crippen LogP contribution >= 0.6 is 0 Å². The molecule has 128 valence electrons. The number of nitrogens with zero attached hydrogens (tertiary/aromatic N) is 4. The fourth-order valence-corrected chi connectivity index (χ4v) is 3.49. The van der Waals surface area contributed by atoms with Gasteiger partial charge in [-0.05, 0) is 30.5 Å². The average molecular weight is 332 g/mol. The molecule has 0 amide bonds. The lowest BCUT2D eigenvalue weighted by atomic mass is 10.1. The predicted molar refractivity (Wildman–Crippen MR) is 100 cm³/mol. The van der Waals surface area contributed by atoms with E-state index in [-0.39, 0.29) is 0 Å². The highest BCUT2D eigenvalue weighted by Gasteiger charge is 2.19. The minimum atomic E-state index is 0.942. The minimum Gasteiger partial charge on any atom is -0.310 e. The molecule has 2 aromatic carbocycles. The molecule has 0 bridgehead atoms. The Bertz CT molecular complexity index is 867. The summed E-state index contributed by atoms with van der Waals surface area (Å²) in [5.74, 6) is 2.09. The van der Waals surface area contributed by atoms with Crippen LogP contribution in [0, 0.1) is 13.8 Å². The van der Waals surface area contributed by atoms with E-state index in [1.54, 1.807) is 0 Å². The third-order valence-electron chi connectivity index (χ3n) is 5.13. The molecule has 3 aromatic rings. The highest BCUT2D eigenvalue weighted by atomic mass is 15.3. The topological polar surface area (TPSA) is 34.0 Å². The lowest BCUT2D eigenvalue weighted by molar-refractivity contribution is 0.271. The Morgan fingerprint density at radius 1 is 0.880 bits per heavy atom. The van der Waals surface area contributed by atoms with Crippen molar-refractivity contribution in [2.24, 2.45) is 0 Å². The average Bonchev–Trinajstić information content (AvgIpc) is 2.94. The summed E-state index contributed by atoms with van der Waals surface area (Å²) in [6.07, 6.45) is 0.949. The fourth-order valence-electron chi connectivity index (χ4n) is 3.49. The zero-order valence-electron chi connectivity index (χ0n) is 14.9. The van der Waals surface area contributed by atoms with Crippen molar-refractivity contribution in [2.45, 2.75) is 33.4 Å². The van der Waals surface area contributed by atoms with Crippen LogP contribution in [0.3, 0.4) is 0 Å². The van der Waals surface area contributed by atoms with Crippen molar-refractivity contribution in [1.82, 2.24) is 19.7 Å². The maximum atomic E-state index is 4.45. The molecule has 0 aliphatic carbocycles. The summed E-state index contributed by atoms with van der Waals surface area (Å²) in [5, 5.41) is 8.88. The lowest BCUT2D eigenvalue weighted by Crippen LogP contribution is -2.26. The van der Waals surface area contributed by atoms with E-state index in [4.69, 9.17) is 0 Å². The second-order valence-electron chi connectivity index (χ2n) is 6.90. The Kier molecular flexibility index (Phi) is 4.36. The van der Waals surface area contributed by atoms with E-state index in [1.807, 2.05) is 6.07 Å². The maximum absolute atomic E-state index is 4.45. The van der Waals surface area contributed by atoms with Crippen molar-refractivity contribution in [3.05, 3.63) is 71.0 Å². The molecule has 1 aliphatic rings. The first-order valence-electron chi connectivity index (χ1n) is 8.97. The number of benzene rings is 2. The minimum absolute atomic E-state index is 0.942. The standard InChI is InChI=1S/C21H24N4/c1-16-8-9-18(14-17(16)2)15-24-11-10-20-22-23-21(25(20)13-12-24)19-6-4-3-5-7-19/h3-9,14H,10-13,15H2,1-2H3. The molecule has 2 heterocycles. The summed E-state index contributed by atoms with van der Waals surface area (Å²) in [7, 11) is 0. The molecule has 4 nitrogen and oxygen atoms in total. The summed E-state index contributed by atoms with van der Waals surface area (Å²) in [6.45, 7) is 8.35. The first-order chi connectivity index (χ1) is 12.2. The van der Waals surface area contributed by atoms with E-state index in [1.165, 1.54) is 16.7 Å². The van der Waals surface area contributed by atoms with Crippen LogP contribution in [-0.2, 0) is 19.5 Å². The van der Waals surface area contributed by atoms with Crippen LogP contribution in [0.15, 0.2) is 48.5 Å². The SMILES string of the molecule is Cc1ccc(CN2CCc3nnc(-c4ccccc4)n3CC2)cc1C. The van der Waals surface area contributed by atoms with Crippen molar-refractivity contribution in [1.29, 1.82) is 0 Å². The van der Waals surface area contributed by atoms with Crippen LogP contribution in [0.4, 0.5) is 0 Å². The van der Waals surface area contributed by atoms with Gasteiger partial charge >= 0.3 is 0 Å². The van der Waals surface area contributed by atoms with Gasteiger partial charge in [-0.3, -0.25) is 4.90 Å². The first-order valence-corrected chi connectivity index (χ1v) is 8.97. The molecule has 0 unspecified atom stereocenters. The van der Waals surface area contributed by atoms with Gasteiger partial charge in [-0.25, -0.2) is 0 Å². The lowest BCUT2D eigenvalue weighted by Gasteiger charge is -2.20. The van der Waals surface area contributed by atoms with Gasteiger partial charge in [0.25, 0.3) is 0 Å². The zero-order valence-corrected chi connectivity index (χ0v) is 14.9. The Hall–Kier alpha value is -2.46. The molecule has 4 rings (SSSR count). The second-order valence-corrected chi connectivity index (χ2v) is 6.90. The van der Waals surface area contributed by atoms with Gasteiger partial charge < -0.3 is 4.57 Å². The molecule has 4 heteroatoms. The third kappa shape index (κ3) is 3.35. The van der Waals surface area contributed by atoms with Gasteiger partial charge in [0, 0.05) is 38.2 Å². The summed E-state index contributed by atoms with van der Waals surface area (Å²) < 4.78 is 2.29. The molecule has 1 aliphatic heterocycles. The van der Waals surface area contributed by atoms with E-state index in [9.17, 15) is 0 Å². The summed E-state index contributed by atoms with van der Waals surface area (Å²) >= 11 is 0. The van der Waals surface area contributed by atoms with E-state index in [2.05, 4.69) is 76.0 Å². The summed E-state index contributed by atoms with van der Waals surface area (Å²) in [4.78, 5) is 2.52. The molecule has 0 fully saturated rings. The van der Waals surface area contributed by atoms with Crippen LogP contribution in [0.1, 0.15) is 22.5 Å². The summed E-state index contributed by atoms with van der Waals surface area (Å²) in [6, 6.07) is 17.2. The molecule has 0 saturated heterocycles. The van der Waals surface area contributed by atoms with E-state index in [0.717, 1.165) is 49.8 Å². The van der Waals surface area contributed by atoms with Crippen molar-refractivity contribution < 1.29 is 0 Å². The smallest absolute Gasteiger partial charge is 0.164 e. The molecule has 0 N–H and O–H groups in total. The van der Waals surface area contributed by atoms with Gasteiger partial charge in [-0.15, -0.1) is 10.2 Å². The number of fused-ring (bicyclic) bond motifs is 1. The van der Waals surface area contributed by atoms with Crippen molar-refractivity contribution in [3.8, 4) is 11.4 Å². The fraction of sp³-hybridized carbons (Fsp3) is 0.333.